The number of rotatable bonds is 11. The number of benzene rings is 3. The van der Waals surface area contributed by atoms with Gasteiger partial charge in [0.2, 0.25) is 11.8 Å². The fraction of sp³-hybridized carbons (Fsp3) is 0.343. The number of carbonyl (C=O) groups is 3. The van der Waals surface area contributed by atoms with Gasteiger partial charge in [0, 0.05) is 25.9 Å². The molecule has 0 saturated carbocycles. The molecule has 1 aliphatic rings. The van der Waals surface area contributed by atoms with E-state index in [1.807, 2.05) is 97.1 Å². The minimum atomic E-state index is -0.605. The zero-order chi connectivity index (χ0) is 30.3. The Kier molecular flexibility index (Phi) is 12.4. The summed E-state index contributed by atoms with van der Waals surface area (Å²) in [4.78, 5) is 40.7. The molecular weight excluding hydrogens is 544 g/mol. The van der Waals surface area contributed by atoms with Crippen LogP contribution in [-0.4, -0.2) is 53.6 Å². The number of carbonyl (C=O) groups excluding carboxylic acids is 3. The fourth-order valence-corrected chi connectivity index (χ4v) is 4.90. The SMILES string of the molecule is O=C1CCC=CCC(CC(=O)N(CCO)Cc2ccccc2)C(=O)NC(Cc2ccc(OCc3ccccc3)cc2)CO1. The number of hydrogen-bond donors (Lipinski definition) is 2. The second-order valence-electron chi connectivity index (χ2n) is 10.7. The van der Waals surface area contributed by atoms with Crippen molar-refractivity contribution in [2.75, 3.05) is 19.8 Å². The Morgan fingerprint density at radius 2 is 1.60 bits per heavy atom. The molecule has 0 fully saturated rings. The Hall–Kier alpha value is -4.43. The van der Waals surface area contributed by atoms with E-state index in [0.29, 0.717) is 32.4 Å². The number of amides is 2. The summed E-state index contributed by atoms with van der Waals surface area (Å²) in [6, 6.07) is 26.7. The molecule has 8 heteroatoms. The van der Waals surface area contributed by atoms with E-state index in [9.17, 15) is 19.5 Å². The van der Waals surface area contributed by atoms with Crippen molar-refractivity contribution in [3.05, 3.63) is 114 Å². The van der Waals surface area contributed by atoms with Gasteiger partial charge < -0.3 is 24.8 Å². The summed E-state index contributed by atoms with van der Waals surface area (Å²) in [5.74, 6) is -0.665. The van der Waals surface area contributed by atoms with Gasteiger partial charge in [-0.25, -0.2) is 0 Å². The van der Waals surface area contributed by atoms with Gasteiger partial charge >= 0.3 is 5.97 Å². The number of esters is 1. The summed E-state index contributed by atoms with van der Waals surface area (Å²) in [5.41, 5.74) is 2.97. The summed E-state index contributed by atoms with van der Waals surface area (Å²) < 4.78 is 11.4. The summed E-state index contributed by atoms with van der Waals surface area (Å²) in [6.07, 6.45) is 5.26. The van der Waals surface area contributed by atoms with Crippen molar-refractivity contribution in [1.29, 1.82) is 0 Å². The number of nitrogens with one attached hydrogen (secondary N) is 1. The fourth-order valence-electron chi connectivity index (χ4n) is 4.90. The highest BCUT2D eigenvalue weighted by molar-refractivity contribution is 5.86. The Balaban J connectivity index is 1.41. The van der Waals surface area contributed by atoms with E-state index in [-0.39, 0.29) is 50.4 Å². The number of allylic oxidation sites excluding steroid dienone is 2. The highest BCUT2D eigenvalue weighted by atomic mass is 16.5. The maximum atomic E-state index is 13.5. The zero-order valence-corrected chi connectivity index (χ0v) is 24.4. The molecule has 4 rings (SSSR count). The van der Waals surface area contributed by atoms with E-state index in [0.717, 1.165) is 22.4 Å². The van der Waals surface area contributed by atoms with Gasteiger partial charge in [-0.05, 0) is 48.1 Å². The first-order valence-corrected chi connectivity index (χ1v) is 14.8. The molecule has 0 aliphatic carbocycles. The van der Waals surface area contributed by atoms with E-state index in [1.165, 1.54) is 0 Å². The molecule has 2 N–H and O–H groups in total. The quantitative estimate of drug-likeness (QED) is 0.252. The maximum Gasteiger partial charge on any atom is 0.306 e. The van der Waals surface area contributed by atoms with Gasteiger partial charge in [0.15, 0.2) is 0 Å². The van der Waals surface area contributed by atoms with Crippen molar-refractivity contribution in [3.8, 4) is 5.75 Å². The van der Waals surface area contributed by atoms with Crippen LogP contribution < -0.4 is 10.1 Å². The average Bonchev–Trinajstić information content (AvgIpc) is 3.02. The molecule has 1 heterocycles. The third-order valence-corrected chi connectivity index (χ3v) is 7.28. The zero-order valence-electron chi connectivity index (χ0n) is 24.4. The third-order valence-electron chi connectivity index (χ3n) is 7.28. The van der Waals surface area contributed by atoms with Crippen LogP contribution in [0.25, 0.3) is 0 Å². The maximum absolute atomic E-state index is 13.5. The minimum Gasteiger partial charge on any atom is -0.489 e. The van der Waals surface area contributed by atoms with Gasteiger partial charge in [-0.15, -0.1) is 0 Å². The number of aliphatic hydroxyl groups excluding tert-OH is 1. The van der Waals surface area contributed by atoms with Gasteiger partial charge in [0.1, 0.15) is 19.0 Å². The molecule has 0 bridgehead atoms. The second kappa shape index (κ2) is 16.9. The van der Waals surface area contributed by atoms with Gasteiger partial charge in [0.05, 0.1) is 18.6 Å². The molecule has 0 radical (unpaired) electrons. The number of aliphatic hydroxyl groups is 1. The Labute approximate surface area is 253 Å². The van der Waals surface area contributed by atoms with Crippen LogP contribution in [0.1, 0.15) is 42.4 Å². The van der Waals surface area contributed by atoms with Crippen molar-refractivity contribution in [2.45, 2.75) is 51.3 Å². The first-order valence-electron chi connectivity index (χ1n) is 14.8. The van der Waals surface area contributed by atoms with Crippen LogP contribution in [0.3, 0.4) is 0 Å². The summed E-state index contributed by atoms with van der Waals surface area (Å²) in [7, 11) is 0. The normalized spacial score (nSPS) is 17.6. The summed E-state index contributed by atoms with van der Waals surface area (Å²) in [5, 5.41) is 12.6. The Morgan fingerprint density at radius 3 is 2.30 bits per heavy atom. The highest BCUT2D eigenvalue weighted by Crippen LogP contribution is 2.19. The molecule has 8 nitrogen and oxygen atoms in total. The molecule has 2 atom stereocenters. The summed E-state index contributed by atoms with van der Waals surface area (Å²) >= 11 is 0. The molecule has 3 aromatic carbocycles. The Morgan fingerprint density at radius 1 is 0.907 bits per heavy atom. The van der Waals surface area contributed by atoms with E-state index in [4.69, 9.17) is 9.47 Å². The van der Waals surface area contributed by atoms with Crippen molar-refractivity contribution < 1.29 is 29.0 Å². The molecule has 0 spiro atoms. The first kappa shape index (κ1) is 31.5. The van der Waals surface area contributed by atoms with Gasteiger partial charge in [-0.3, -0.25) is 14.4 Å². The average molecular weight is 585 g/mol. The second-order valence-corrected chi connectivity index (χ2v) is 10.7. The predicted octanol–water partition coefficient (Wildman–Crippen LogP) is 4.60. The Bertz CT molecular complexity index is 1330. The van der Waals surface area contributed by atoms with E-state index < -0.39 is 12.0 Å². The third kappa shape index (κ3) is 10.7. The van der Waals surface area contributed by atoms with Crippen LogP contribution in [0.2, 0.25) is 0 Å². The van der Waals surface area contributed by atoms with Crippen LogP contribution in [-0.2, 0) is 38.7 Å². The van der Waals surface area contributed by atoms with Crippen molar-refractivity contribution in [1.82, 2.24) is 10.2 Å². The molecular formula is C35H40N2O6. The number of hydrogen-bond acceptors (Lipinski definition) is 6. The van der Waals surface area contributed by atoms with Crippen molar-refractivity contribution in [3.63, 3.8) is 0 Å². The molecule has 226 valence electrons. The van der Waals surface area contributed by atoms with Crippen LogP contribution in [0, 0.1) is 5.92 Å². The largest absolute Gasteiger partial charge is 0.489 e. The van der Waals surface area contributed by atoms with Crippen LogP contribution in [0.5, 0.6) is 5.75 Å². The van der Waals surface area contributed by atoms with Crippen molar-refractivity contribution in [2.24, 2.45) is 5.92 Å². The lowest BCUT2D eigenvalue weighted by Crippen LogP contribution is -2.45. The number of ether oxygens (including phenoxy) is 2. The topological polar surface area (TPSA) is 105 Å². The van der Waals surface area contributed by atoms with E-state index in [1.54, 1.807) is 4.90 Å². The number of cyclic esters (lactones) is 1. The minimum absolute atomic E-state index is 0.00294. The molecule has 1 aliphatic heterocycles. The first-order chi connectivity index (χ1) is 21.0. The lowest BCUT2D eigenvalue weighted by Gasteiger charge is -2.26. The van der Waals surface area contributed by atoms with Crippen LogP contribution in [0.4, 0.5) is 0 Å². The molecule has 43 heavy (non-hydrogen) atoms. The molecule has 3 aromatic rings. The number of nitrogens with zero attached hydrogens (tertiary/aromatic N) is 1. The standard InChI is InChI=1S/C35H40N2O6/c38-21-20-37(24-28-10-4-1-5-11-28)33(39)23-30-14-8-3-9-15-34(40)43-26-31(36-35(30)41)22-27-16-18-32(19-17-27)42-25-29-12-6-2-7-13-29/h1-8,10-13,16-19,30-31,38H,9,14-15,20-26H2,(H,36,41). The van der Waals surface area contributed by atoms with E-state index >= 15 is 0 Å². The molecule has 0 saturated heterocycles. The van der Waals surface area contributed by atoms with Crippen molar-refractivity contribution >= 4 is 17.8 Å². The van der Waals surface area contributed by atoms with Crippen LogP contribution >= 0.6 is 0 Å². The van der Waals surface area contributed by atoms with E-state index in [2.05, 4.69) is 5.32 Å². The van der Waals surface area contributed by atoms with Gasteiger partial charge in [-0.1, -0.05) is 84.9 Å². The lowest BCUT2D eigenvalue weighted by atomic mass is 9.97. The van der Waals surface area contributed by atoms with Gasteiger partial charge in [0.25, 0.3) is 0 Å². The van der Waals surface area contributed by atoms with Gasteiger partial charge in [-0.2, -0.15) is 0 Å². The molecule has 0 aromatic heterocycles. The van der Waals surface area contributed by atoms with Crippen LogP contribution in [0.15, 0.2) is 97.1 Å². The molecule has 2 unspecified atom stereocenters. The highest BCUT2D eigenvalue weighted by Gasteiger charge is 2.27. The smallest absolute Gasteiger partial charge is 0.306 e. The lowest BCUT2D eigenvalue weighted by molar-refractivity contribution is -0.145. The summed E-state index contributed by atoms with van der Waals surface area (Å²) in [6.45, 7) is 0.866. The predicted molar refractivity (Wildman–Crippen MR) is 164 cm³/mol. The molecule has 2 amide bonds. The monoisotopic (exact) mass is 584 g/mol.